The summed E-state index contributed by atoms with van der Waals surface area (Å²) in [5.74, 6) is -0.528. The van der Waals surface area contributed by atoms with E-state index in [1.54, 1.807) is 18.2 Å². The van der Waals surface area contributed by atoms with Crippen LogP contribution >= 0.6 is 23.2 Å². The van der Waals surface area contributed by atoms with Gasteiger partial charge in [0.2, 0.25) is 0 Å². The Labute approximate surface area is 155 Å². The van der Waals surface area contributed by atoms with E-state index in [1.165, 1.54) is 6.07 Å². The Hall–Kier alpha value is -2.80. The van der Waals surface area contributed by atoms with E-state index >= 15 is 0 Å². The van der Waals surface area contributed by atoms with Crippen molar-refractivity contribution >= 4 is 51.6 Å². The first-order valence-corrected chi connectivity index (χ1v) is 8.20. The summed E-state index contributed by atoms with van der Waals surface area (Å²) in [5.41, 5.74) is 1.18. The monoisotopic (exact) mass is 366 g/mol. The second-order valence-electron chi connectivity index (χ2n) is 5.32. The number of hydrogen-bond acceptors (Lipinski definition) is 2. The van der Waals surface area contributed by atoms with Crippen LogP contribution in [0.4, 0.5) is 5.69 Å². The number of rotatable bonds is 3. The molecule has 0 aromatic heterocycles. The molecule has 3 rings (SSSR count). The fraction of sp³-hybridized carbons (Fsp3) is 0. The van der Waals surface area contributed by atoms with Gasteiger partial charge in [0.15, 0.2) is 0 Å². The highest BCUT2D eigenvalue weighted by atomic mass is 35.5. The van der Waals surface area contributed by atoms with Gasteiger partial charge in [-0.25, -0.2) is 0 Å². The maximum absolute atomic E-state index is 12.4. The fourth-order valence-electron chi connectivity index (χ4n) is 2.46. The van der Waals surface area contributed by atoms with Gasteiger partial charge in [0, 0.05) is 5.02 Å². The summed E-state index contributed by atoms with van der Waals surface area (Å²) in [7, 11) is 0. The molecule has 0 heterocycles. The Kier molecular flexibility index (Phi) is 5.04. The molecular weight excluding hydrogens is 355 g/mol. The number of carbonyl (C=O) groups is 1. The molecule has 1 amide bonds. The van der Waals surface area contributed by atoms with Crippen molar-refractivity contribution in [1.29, 1.82) is 5.26 Å². The van der Waals surface area contributed by atoms with E-state index in [0.717, 1.165) is 16.3 Å². The Morgan fingerprint density at radius 2 is 1.80 bits per heavy atom. The lowest BCUT2D eigenvalue weighted by atomic mass is 10.0. The zero-order chi connectivity index (χ0) is 17.8. The van der Waals surface area contributed by atoms with Crippen LogP contribution in [0.1, 0.15) is 5.56 Å². The van der Waals surface area contributed by atoms with Gasteiger partial charge in [-0.15, -0.1) is 0 Å². The van der Waals surface area contributed by atoms with Crippen LogP contribution < -0.4 is 5.32 Å². The molecular formula is C20H12Cl2N2O. The van der Waals surface area contributed by atoms with Crippen molar-refractivity contribution in [2.24, 2.45) is 0 Å². The number of benzene rings is 3. The lowest BCUT2D eigenvalue weighted by Gasteiger charge is -2.07. The van der Waals surface area contributed by atoms with E-state index in [9.17, 15) is 10.1 Å². The summed E-state index contributed by atoms with van der Waals surface area (Å²) < 4.78 is 0. The molecule has 5 heteroatoms. The maximum Gasteiger partial charge on any atom is 0.266 e. The predicted octanol–water partition coefficient (Wildman–Crippen LogP) is 5.69. The summed E-state index contributed by atoms with van der Waals surface area (Å²) in [5, 5.41) is 14.8. The minimum absolute atomic E-state index is 0.0117. The van der Waals surface area contributed by atoms with Gasteiger partial charge in [0.25, 0.3) is 5.91 Å². The molecule has 0 saturated carbocycles. The molecule has 0 atom stereocenters. The smallest absolute Gasteiger partial charge is 0.266 e. The molecule has 0 saturated heterocycles. The van der Waals surface area contributed by atoms with Gasteiger partial charge in [-0.2, -0.15) is 5.26 Å². The highest BCUT2D eigenvalue weighted by Gasteiger charge is 2.12. The standard InChI is InChI=1S/C20H12Cl2N2O/c21-16-8-9-19(18(22)11-16)24-20(25)15(12-23)10-14-6-3-5-13-4-1-2-7-17(13)14/h1-11H,(H,24,25)/b15-10+. The minimum atomic E-state index is -0.528. The molecule has 3 aromatic carbocycles. The molecule has 0 bridgehead atoms. The average molecular weight is 367 g/mol. The number of halogens is 2. The van der Waals surface area contributed by atoms with Gasteiger partial charge in [0.1, 0.15) is 11.6 Å². The quantitative estimate of drug-likeness (QED) is 0.477. The number of nitriles is 1. The molecule has 0 fully saturated rings. The number of anilines is 1. The van der Waals surface area contributed by atoms with Gasteiger partial charge in [-0.3, -0.25) is 4.79 Å². The van der Waals surface area contributed by atoms with Crippen molar-refractivity contribution in [3.05, 3.63) is 81.8 Å². The summed E-state index contributed by atoms with van der Waals surface area (Å²) >= 11 is 11.9. The predicted molar refractivity (Wildman–Crippen MR) is 103 cm³/mol. The lowest BCUT2D eigenvalue weighted by Crippen LogP contribution is -2.13. The first-order valence-electron chi connectivity index (χ1n) is 7.44. The van der Waals surface area contributed by atoms with Crippen LogP contribution in [0.15, 0.2) is 66.2 Å². The zero-order valence-corrected chi connectivity index (χ0v) is 14.5. The van der Waals surface area contributed by atoms with Crippen LogP contribution in [0.5, 0.6) is 0 Å². The van der Waals surface area contributed by atoms with E-state index in [1.807, 2.05) is 48.5 Å². The van der Waals surface area contributed by atoms with Crippen molar-refractivity contribution in [3.8, 4) is 6.07 Å². The molecule has 0 aliphatic carbocycles. The second kappa shape index (κ2) is 7.40. The first-order chi connectivity index (χ1) is 12.1. The fourth-order valence-corrected chi connectivity index (χ4v) is 2.92. The van der Waals surface area contributed by atoms with Crippen LogP contribution in [0.3, 0.4) is 0 Å². The maximum atomic E-state index is 12.4. The van der Waals surface area contributed by atoms with Gasteiger partial charge >= 0.3 is 0 Å². The topological polar surface area (TPSA) is 52.9 Å². The number of fused-ring (bicyclic) bond motifs is 1. The molecule has 0 aliphatic rings. The van der Waals surface area contributed by atoms with Crippen molar-refractivity contribution in [2.75, 3.05) is 5.32 Å². The largest absolute Gasteiger partial charge is 0.320 e. The molecule has 0 spiro atoms. The Bertz CT molecular complexity index is 1030. The van der Waals surface area contributed by atoms with Crippen LogP contribution in [0.25, 0.3) is 16.8 Å². The van der Waals surface area contributed by atoms with Crippen LogP contribution in [-0.4, -0.2) is 5.91 Å². The Balaban J connectivity index is 1.94. The third-order valence-electron chi connectivity index (χ3n) is 3.67. The highest BCUT2D eigenvalue weighted by Crippen LogP contribution is 2.26. The number of hydrogen-bond donors (Lipinski definition) is 1. The number of carbonyl (C=O) groups excluding carboxylic acids is 1. The molecule has 0 unspecified atom stereocenters. The van der Waals surface area contributed by atoms with Crippen LogP contribution in [0, 0.1) is 11.3 Å². The molecule has 3 aromatic rings. The first kappa shape index (κ1) is 17.0. The van der Waals surface area contributed by atoms with Crippen molar-refractivity contribution in [3.63, 3.8) is 0 Å². The summed E-state index contributed by atoms with van der Waals surface area (Å²) in [6, 6.07) is 20.2. The van der Waals surface area contributed by atoms with Crippen molar-refractivity contribution < 1.29 is 4.79 Å². The van der Waals surface area contributed by atoms with Gasteiger partial charge in [-0.05, 0) is 40.6 Å². The third kappa shape index (κ3) is 3.83. The second-order valence-corrected chi connectivity index (χ2v) is 6.16. The van der Waals surface area contributed by atoms with E-state index in [0.29, 0.717) is 15.7 Å². The van der Waals surface area contributed by atoms with Crippen molar-refractivity contribution in [1.82, 2.24) is 0 Å². The van der Waals surface area contributed by atoms with Crippen LogP contribution in [-0.2, 0) is 4.79 Å². The number of amides is 1. The van der Waals surface area contributed by atoms with Gasteiger partial charge in [0.05, 0.1) is 10.7 Å². The summed E-state index contributed by atoms with van der Waals surface area (Å²) in [4.78, 5) is 12.4. The van der Waals surface area contributed by atoms with Gasteiger partial charge < -0.3 is 5.32 Å². The van der Waals surface area contributed by atoms with Crippen molar-refractivity contribution in [2.45, 2.75) is 0 Å². The summed E-state index contributed by atoms with van der Waals surface area (Å²) in [6.07, 6.45) is 1.57. The van der Waals surface area contributed by atoms with E-state index in [-0.39, 0.29) is 5.57 Å². The molecule has 0 aliphatic heterocycles. The molecule has 1 N–H and O–H groups in total. The Morgan fingerprint density at radius 1 is 1.04 bits per heavy atom. The normalized spacial score (nSPS) is 11.2. The lowest BCUT2D eigenvalue weighted by molar-refractivity contribution is -0.112. The number of nitrogens with one attached hydrogen (secondary N) is 1. The van der Waals surface area contributed by atoms with Gasteiger partial charge in [-0.1, -0.05) is 65.7 Å². The molecule has 25 heavy (non-hydrogen) atoms. The Morgan fingerprint density at radius 3 is 2.56 bits per heavy atom. The zero-order valence-electron chi connectivity index (χ0n) is 13.0. The minimum Gasteiger partial charge on any atom is -0.320 e. The molecule has 0 radical (unpaired) electrons. The summed E-state index contributed by atoms with van der Waals surface area (Å²) in [6.45, 7) is 0. The van der Waals surface area contributed by atoms with E-state index in [2.05, 4.69) is 5.32 Å². The molecule has 3 nitrogen and oxygen atoms in total. The SMILES string of the molecule is N#C/C(=C\c1cccc2ccccc12)C(=O)Nc1ccc(Cl)cc1Cl. The molecule has 122 valence electrons. The number of nitrogens with zero attached hydrogens (tertiary/aromatic N) is 1. The van der Waals surface area contributed by atoms with E-state index < -0.39 is 5.91 Å². The van der Waals surface area contributed by atoms with E-state index in [4.69, 9.17) is 23.2 Å². The third-order valence-corrected chi connectivity index (χ3v) is 4.22. The average Bonchev–Trinajstić information content (AvgIpc) is 2.62. The highest BCUT2D eigenvalue weighted by molar-refractivity contribution is 6.37. The van der Waals surface area contributed by atoms with Crippen LogP contribution in [0.2, 0.25) is 10.0 Å².